The van der Waals surface area contributed by atoms with Crippen molar-refractivity contribution < 1.29 is 23.9 Å². The molecule has 1 fully saturated rings. The summed E-state index contributed by atoms with van der Waals surface area (Å²) >= 11 is 12.1. The molecule has 2 aliphatic rings. The third kappa shape index (κ3) is 3.88. The van der Waals surface area contributed by atoms with Crippen LogP contribution in [0.15, 0.2) is 53.4 Å². The first-order chi connectivity index (χ1) is 15.3. The first-order valence-electron chi connectivity index (χ1n) is 9.17. The van der Waals surface area contributed by atoms with Crippen molar-refractivity contribution in [3.63, 3.8) is 0 Å². The number of hydrazine groups is 1. The number of carbonyl (C=O) groups is 4. The highest BCUT2D eigenvalue weighted by Crippen LogP contribution is 2.44. The van der Waals surface area contributed by atoms with Crippen LogP contribution in [-0.2, 0) is 19.1 Å². The highest BCUT2D eigenvalue weighted by molar-refractivity contribution is 8.26. The predicted octanol–water partition coefficient (Wildman–Crippen LogP) is 2.78. The van der Waals surface area contributed by atoms with E-state index in [1.807, 2.05) is 0 Å². The molecule has 0 spiro atoms. The van der Waals surface area contributed by atoms with Crippen LogP contribution in [0.2, 0.25) is 5.02 Å². The van der Waals surface area contributed by atoms with E-state index >= 15 is 0 Å². The number of fused-ring (bicyclic) bond motifs is 1. The van der Waals surface area contributed by atoms with Crippen LogP contribution in [0.5, 0.6) is 0 Å². The molecule has 2 aromatic rings. The molecule has 0 saturated carbocycles. The van der Waals surface area contributed by atoms with Crippen LogP contribution in [0.4, 0.5) is 5.69 Å². The molecule has 4 rings (SSSR count). The summed E-state index contributed by atoms with van der Waals surface area (Å²) in [5.41, 5.74) is 3.78. The van der Waals surface area contributed by atoms with E-state index in [0.29, 0.717) is 16.3 Å². The number of benzene rings is 2. The molecular weight excluding hydrogens is 474 g/mol. The maximum absolute atomic E-state index is 13.2. The van der Waals surface area contributed by atoms with E-state index in [-0.39, 0.29) is 26.9 Å². The van der Waals surface area contributed by atoms with Crippen LogP contribution < -0.4 is 10.3 Å². The van der Waals surface area contributed by atoms with Gasteiger partial charge in [-0.05, 0) is 36.5 Å². The molecule has 0 unspecified atom stereocenters. The molecule has 0 bridgehead atoms. The summed E-state index contributed by atoms with van der Waals surface area (Å²) < 4.78 is 4.74. The number of para-hydroxylation sites is 1. The van der Waals surface area contributed by atoms with Crippen molar-refractivity contribution in [3.05, 3.63) is 69.6 Å². The molecule has 1 saturated heterocycles. The van der Waals surface area contributed by atoms with Crippen LogP contribution in [0.25, 0.3) is 5.57 Å². The number of amides is 3. The standard InChI is InChI=1S/C21H14ClN3O5S2/c1-30-15(26)10-24-14-8-3-2-7-13(14)16(19(24)28)17-20(29)25(21(31)32-17)23-18(27)11-5-4-6-12(22)9-11/h2-9H,10H2,1H3,(H,23,27)/b17-16-. The molecule has 0 aliphatic carbocycles. The minimum atomic E-state index is -0.645. The van der Waals surface area contributed by atoms with Gasteiger partial charge in [0.05, 0.1) is 23.3 Å². The molecule has 1 N–H and O–H groups in total. The van der Waals surface area contributed by atoms with Gasteiger partial charge in [-0.15, -0.1) is 0 Å². The first kappa shape index (κ1) is 22.0. The molecule has 2 aliphatic heterocycles. The number of esters is 1. The Balaban J connectivity index is 1.67. The average Bonchev–Trinajstić information content (AvgIpc) is 3.21. The fraction of sp³-hybridized carbons (Fsp3) is 0.0952. The second kappa shape index (κ2) is 8.73. The number of carbonyl (C=O) groups excluding carboxylic acids is 4. The first-order valence-corrected chi connectivity index (χ1v) is 10.8. The number of thiocarbonyl (C=S) groups is 1. The van der Waals surface area contributed by atoms with E-state index in [1.165, 1.54) is 18.1 Å². The van der Waals surface area contributed by atoms with Gasteiger partial charge in [-0.25, -0.2) is 0 Å². The second-order valence-electron chi connectivity index (χ2n) is 6.65. The molecule has 11 heteroatoms. The summed E-state index contributed by atoms with van der Waals surface area (Å²) in [4.78, 5) is 52.0. The minimum Gasteiger partial charge on any atom is -0.468 e. The Bertz CT molecular complexity index is 1230. The molecule has 3 amide bonds. The Morgan fingerprint density at radius 3 is 2.59 bits per heavy atom. The van der Waals surface area contributed by atoms with Crippen LogP contribution in [0, 0.1) is 0 Å². The maximum atomic E-state index is 13.2. The number of nitrogens with zero attached hydrogens (tertiary/aromatic N) is 2. The topological polar surface area (TPSA) is 96.0 Å². The van der Waals surface area contributed by atoms with Crippen molar-refractivity contribution in [1.82, 2.24) is 10.4 Å². The van der Waals surface area contributed by atoms with Gasteiger partial charge in [-0.3, -0.25) is 29.5 Å². The summed E-state index contributed by atoms with van der Waals surface area (Å²) in [5, 5.41) is 1.29. The van der Waals surface area contributed by atoms with Crippen molar-refractivity contribution in [1.29, 1.82) is 0 Å². The van der Waals surface area contributed by atoms with E-state index < -0.39 is 23.7 Å². The fourth-order valence-electron chi connectivity index (χ4n) is 3.26. The van der Waals surface area contributed by atoms with Crippen molar-refractivity contribution in [3.8, 4) is 0 Å². The lowest BCUT2D eigenvalue weighted by atomic mass is 10.1. The summed E-state index contributed by atoms with van der Waals surface area (Å²) in [5.74, 6) is -2.36. The van der Waals surface area contributed by atoms with E-state index in [2.05, 4.69) is 10.2 Å². The van der Waals surface area contributed by atoms with Crippen LogP contribution >= 0.6 is 35.6 Å². The van der Waals surface area contributed by atoms with Gasteiger partial charge in [0.1, 0.15) is 6.54 Å². The quantitative estimate of drug-likeness (QED) is 0.402. The summed E-state index contributed by atoms with van der Waals surface area (Å²) in [6.45, 7) is -0.304. The summed E-state index contributed by atoms with van der Waals surface area (Å²) in [6.07, 6.45) is 0. The Morgan fingerprint density at radius 2 is 1.88 bits per heavy atom. The zero-order valence-corrected chi connectivity index (χ0v) is 18.8. The van der Waals surface area contributed by atoms with Gasteiger partial charge in [-0.2, -0.15) is 5.01 Å². The zero-order chi connectivity index (χ0) is 23.0. The summed E-state index contributed by atoms with van der Waals surface area (Å²) in [7, 11) is 1.23. The van der Waals surface area contributed by atoms with Crippen LogP contribution in [0.1, 0.15) is 15.9 Å². The molecule has 32 heavy (non-hydrogen) atoms. The molecule has 2 aromatic carbocycles. The number of nitrogens with one attached hydrogen (secondary N) is 1. The molecule has 8 nitrogen and oxygen atoms in total. The summed E-state index contributed by atoms with van der Waals surface area (Å²) in [6, 6.07) is 13.0. The predicted molar refractivity (Wildman–Crippen MR) is 124 cm³/mol. The van der Waals surface area contributed by atoms with Gasteiger partial charge in [0.25, 0.3) is 17.7 Å². The third-order valence-corrected chi connectivity index (χ3v) is 6.34. The lowest BCUT2D eigenvalue weighted by molar-refractivity contribution is -0.139. The fourth-order valence-corrected chi connectivity index (χ4v) is 4.70. The number of hydrogen-bond acceptors (Lipinski definition) is 7. The highest BCUT2D eigenvalue weighted by Gasteiger charge is 2.43. The normalized spacial score (nSPS) is 17.6. The average molecular weight is 488 g/mol. The van der Waals surface area contributed by atoms with Gasteiger partial charge in [-0.1, -0.05) is 47.6 Å². The van der Waals surface area contributed by atoms with Crippen LogP contribution in [-0.4, -0.2) is 46.7 Å². The van der Waals surface area contributed by atoms with Crippen molar-refractivity contribution >= 4 is 74.9 Å². The third-order valence-electron chi connectivity index (χ3n) is 4.73. The molecule has 2 heterocycles. The van der Waals surface area contributed by atoms with Gasteiger partial charge in [0.15, 0.2) is 4.32 Å². The van der Waals surface area contributed by atoms with Gasteiger partial charge in [0, 0.05) is 16.1 Å². The van der Waals surface area contributed by atoms with Crippen molar-refractivity contribution in [2.24, 2.45) is 0 Å². The number of hydrogen-bond donors (Lipinski definition) is 1. The molecule has 162 valence electrons. The minimum absolute atomic E-state index is 0.0598. The number of methoxy groups -OCH3 is 1. The Labute approximate surface area is 197 Å². The lowest BCUT2D eigenvalue weighted by Gasteiger charge is -2.16. The van der Waals surface area contributed by atoms with Crippen molar-refractivity contribution in [2.45, 2.75) is 0 Å². The Hall–Kier alpha value is -3.21. The van der Waals surface area contributed by atoms with E-state index in [4.69, 9.17) is 23.8 Å². The largest absolute Gasteiger partial charge is 0.468 e. The Kier molecular flexibility index (Phi) is 6.00. The second-order valence-corrected chi connectivity index (χ2v) is 8.73. The molecule has 0 radical (unpaired) electrons. The van der Waals surface area contributed by atoms with Gasteiger partial charge >= 0.3 is 5.97 Å². The number of anilines is 1. The molecular formula is C21H14ClN3O5S2. The number of thioether (sulfide) groups is 1. The smallest absolute Gasteiger partial charge is 0.325 e. The molecule has 0 atom stereocenters. The van der Waals surface area contributed by atoms with Gasteiger partial charge in [0.2, 0.25) is 0 Å². The highest BCUT2D eigenvalue weighted by atomic mass is 35.5. The zero-order valence-electron chi connectivity index (χ0n) is 16.5. The maximum Gasteiger partial charge on any atom is 0.325 e. The van der Waals surface area contributed by atoms with E-state index in [1.54, 1.807) is 42.5 Å². The number of rotatable bonds is 4. The van der Waals surface area contributed by atoms with E-state index in [9.17, 15) is 19.2 Å². The van der Waals surface area contributed by atoms with Gasteiger partial charge < -0.3 is 4.74 Å². The van der Waals surface area contributed by atoms with E-state index in [0.717, 1.165) is 16.8 Å². The lowest BCUT2D eigenvalue weighted by Crippen LogP contribution is -2.45. The SMILES string of the molecule is COC(=O)CN1C(=O)/C(=C2\SC(=S)N(NC(=O)c3cccc(Cl)c3)C2=O)c2ccccc21. The number of ether oxygens (including phenoxy) is 1. The van der Waals surface area contributed by atoms with Crippen molar-refractivity contribution in [2.75, 3.05) is 18.6 Å². The molecule has 0 aromatic heterocycles. The Morgan fingerprint density at radius 1 is 1.12 bits per heavy atom. The monoisotopic (exact) mass is 487 g/mol. The van der Waals surface area contributed by atoms with Crippen LogP contribution in [0.3, 0.4) is 0 Å². The number of halogens is 1.